The molecule has 84 valence electrons. The SMILES string of the molecule is CCC(C)CCCC(O)C1CCOC1. The molecule has 0 radical (unpaired) electrons. The summed E-state index contributed by atoms with van der Waals surface area (Å²) in [5.74, 6) is 1.22. The standard InChI is InChI=1S/C12H24O2/c1-3-10(2)5-4-6-12(13)11-7-8-14-9-11/h10-13H,3-9H2,1-2H3. The van der Waals surface area contributed by atoms with Gasteiger partial charge in [0.25, 0.3) is 0 Å². The first kappa shape index (κ1) is 12.0. The molecule has 1 fully saturated rings. The highest BCUT2D eigenvalue weighted by Gasteiger charge is 2.23. The maximum Gasteiger partial charge on any atom is 0.0591 e. The lowest BCUT2D eigenvalue weighted by Crippen LogP contribution is -2.20. The van der Waals surface area contributed by atoms with Crippen molar-refractivity contribution in [1.29, 1.82) is 0 Å². The van der Waals surface area contributed by atoms with Gasteiger partial charge < -0.3 is 9.84 Å². The molecule has 0 aliphatic carbocycles. The summed E-state index contributed by atoms with van der Waals surface area (Å²) in [5, 5.41) is 9.85. The Hall–Kier alpha value is -0.0800. The van der Waals surface area contributed by atoms with Gasteiger partial charge in [-0.2, -0.15) is 0 Å². The summed E-state index contributed by atoms with van der Waals surface area (Å²) in [6.07, 6.45) is 5.54. The van der Waals surface area contributed by atoms with Crippen LogP contribution in [0.1, 0.15) is 46.0 Å². The van der Waals surface area contributed by atoms with Crippen LogP contribution in [0.15, 0.2) is 0 Å². The minimum absolute atomic E-state index is 0.124. The van der Waals surface area contributed by atoms with Gasteiger partial charge in [0.15, 0.2) is 0 Å². The van der Waals surface area contributed by atoms with E-state index in [0.29, 0.717) is 5.92 Å². The zero-order chi connectivity index (χ0) is 10.4. The molecule has 1 aliphatic rings. The summed E-state index contributed by atoms with van der Waals surface area (Å²) >= 11 is 0. The Morgan fingerprint density at radius 2 is 2.21 bits per heavy atom. The first-order valence-corrected chi connectivity index (χ1v) is 5.99. The summed E-state index contributed by atoms with van der Waals surface area (Å²) in [7, 11) is 0. The fraction of sp³-hybridized carbons (Fsp3) is 1.00. The summed E-state index contributed by atoms with van der Waals surface area (Å²) in [6, 6.07) is 0. The summed E-state index contributed by atoms with van der Waals surface area (Å²) in [6.45, 7) is 6.12. The molecule has 0 aromatic heterocycles. The Morgan fingerprint density at radius 3 is 2.79 bits per heavy atom. The van der Waals surface area contributed by atoms with Crippen molar-refractivity contribution in [3.05, 3.63) is 0 Å². The summed E-state index contributed by atoms with van der Waals surface area (Å²) in [4.78, 5) is 0. The lowest BCUT2D eigenvalue weighted by molar-refractivity contribution is 0.0817. The van der Waals surface area contributed by atoms with Crippen molar-refractivity contribution in [2.24, 2.45) is 11.8 Å². The van der Waals surface area contributed by atoms with Gasteiger partial charge in [-0.3, -0.25) is 0 Å². The van der Waals surface area contributed by atoms with E-state index in [-0.39, 0.29) is 6.10 Å². The van der Waals surface area contributed by atoms with E-state index in [0.717, 1.165) is 38.4 Å². The molecule has 14 heavy (non-hydrogen) atoms. The fourth-order valence-corrected chi connectivity index (χ4v) is 1.97. The van der Waals surface area contributed by atoms with Gasteiger partial charge in [-0.05, 0) is 18.8 Å². The van der Waals surface area contributed by atoms with Gasteiger partial charge >= 0.3 is 0 Å². The van der Waals surface area contributed by atoms with Crippen LogP contribution in [0.25, 0.3) is 0 Å². The van der Waals surface area contributed by atoms with Gasteiger partial charge in [-0.15, -0.1) is 0 Å². The quantitative estimate of drug-likeness (QED) is 0.714. The Morgan fingerprint density at radius 1 is 1.43 bits per heavy atom. The molecule has 1 aliphatic heterocycles. The maximum absolute atomic E-state index is 9.85. The lowest BCUT2D eigenvalue weighted by atomic mass is 9.94. The van der Waals surface area contributed by atoms with Gasteiger partial charge in [0, 0.05) is 12.5 Å². The molecule has 2 nitrogen and oxygen atoms in total. The van der Waals surface area contributed by atoms with Crippen LogP contribution in [0, 0.1) is 11.8 Å². The predicted molar refractivity (Wildman–Crippen MR) is 58.2 cm³/mol. The lowest BCUT2D eigenvalue weighted by Gasteiger charge is -2.17. The van der Waals surface area contributed by atoms with Crippen LogP contribution >= 0.6 is 0 Å². The van der Waals surface area contributed by atoms with Crippen molar-refractivity contribution in [3.8, 4) is 0 Å². The Balaban J connectivity index is 2.05. The molecule has 0 saturated carbocycles. The van der Waals surface area contributed by atoms with E-state index in [9.17, 15) is 5.11 Å². The van der Waals surface area contributed by atoms with Crippen molar-refractivity contribution in [2.45, 2.75) is 52.1 Å². The summed E-state index contributed by atoms with van der Waals surface area (Å²) < 4.78 is 5.27. The van der Waals surface area contributed by atoms with Crippen LogP contribution in [0.5, 0.6) is 0 Å². The summed E-state index contributed by atoms with van der Waals surface area (Å²) in [5.41, 5.74) is 0. The monoisotopic (exact) mass is 200 g/mol. The zero-order valence-electron chi connectivity index (χ0n) is 9.54. The number of hydrogen-bond acceptors (Lipinski definition) is 2. The molecule has 1 heterocycles. The first-order chi connectivity index (χ1) is 6.74. The molecule has 3 atom stereocenters. The van der Waals surface area contributed by atoms with Crippen LogP contribution in [0.3, 0.4) is 0 Å². The molecule has 0 amide bonds. The number of ether oxygens (including phenoxy) is 1. The topological polar surface area (TPSA) is 29.5 Å². The largest absolute Gasteiger partial charge is 0.393 e. The van der Waals surface area contributed by atoms with Crippen LogP contribution in [0.2, 0.25) is 0 Å². The Labute approximate surface area is 87.7 Å². The van der Waals surface area contributed by atoms with Crippen molar-refractivity contribution in [1.82, 2.24) is 0 Å². The number of rotatable bonds is 6. The highest BCUT2D eigenvalue weighted by Crippen LogP contribution is 2.21. The van der Waals surface area contributed by atoms with Gasteiger partial charge in [0.1, 0.15) is 0 Å². The first-order valence-electron chi connectivity index (χ1n) is 5.99. The molecular weight excluding hydrogens is 176 g/mol. The highest BCUT2D eigenvalue weighted by atomic mass is 16.5. The van der Waals surface area contributed by atoms with Crippen molar-refractivity contribution >= 4 is 0 Å². The highest BCUT2D eigenvalue weighted by molar-refractivity contribution is 4.72. The molecule has 1 saturated heterocycles. The second kappa shape index (κ2) is 6.41. The fourth-order valence-electron chi connectivity index (χ4n) is 1.97. The third kappa shape index (κ3) is 3.97. The molecule has 1 rings (SSSR count). The van der Waals surface area contributed by atoms with E-state index in [4.69, 9.17) is 4.74 Å². The van der Waals surface area contributed by atoms with E-state index in [1.807, 2.05) is 0 Å². The Bertz CT molecular complexity index is 141. The third-order valence-corrected chi connectivity index (χ3v) is 3.40. The van der Waals surface area contributed by atoms with Crippen LogP contribution in [-0.2, 0) is 4.74 Å². The van der Waals surface area contributed by atoms with E-state index in [2.05, 4.69) is 13.8 Å². The van der Waals surface area contributed by atoms with Gasteiger partial charge in [-0.25, -0.2) is 0 Å². The minimum atomic E-state index is -0.124. The van der Waals surface area contributed by atoms with E-state index < -0.39 is 0 Å². The normalized spacial score (nSPS) is 26.4. The third-order valence-electron chi connectivity index (χ3n) is 3.40. The maximum atomic E-state index is 9.85. The minimum Gasteiger partial charge on any atom is -0.393 e. The number of aliphatic hydroxyl groups is 1. The van der Waals surface area contributed by atoms with Crippen LogP contribution in [-0.4, -0.2) is 24.4 Å². The van der Waals surface area contributed by atoms with Gasteiger partial charge in [-0.1, -0.05) is 33.1 Å². The van der Waals surface area contributed by atoms with Crippen molar-refractivity contribution in [2.75, 3.05) is 13.2 Å². The van der Waals surface area contributed by atoms with Crippen molar-refractivity contribution in [3.63, 3.8) is 0 Å². The molecule has 0 aromatic carbocycles. The molecule has 0 bridgehead atoms. The average molecular weight is 200 g/mol. The smallest absolute Gasteiger partial charge is 0.0591 e. The van der Waals surface area contributed by atoms with E-state index in [1.165, 1.54) is 12.8 Å². The number of hydrogen-bond donors (Lipinski definition) is 1. The molecule has 0 aromatic rings. The van der Waals surface area contributed by atoms with Gasteiger partial charge in [0.05, 0.1) is 12.7 Å². The Kier molecular flexibility index (Phi) is 5.49. The second-order valence-corrected chi connectivity index (χ2v) is 4.64. The zero-order valence-corrected chi connectivity index (χ0v) is 9.54. The molecule has 0 spiro atoms. The van der Waals surface area contributed by atoms with E-state index >= 15 is 0 Å². The molecule has 2 heteroatoms. The average Bonchev–Trinajstić information content (AvgIpc) is 2.70. The molecular formula is C12H24O2. The molecule has 1 N–H and O–H groups in total. The van der Waals surface area contributed by atoms with Crippen LogP contribution in [0.4, 0.5) is 0 Å². The van der Waals surface area contributed by atoms with Crippen molar-refractivity contribution < 1.29 is 9.84 Å². The van der Waals surface area contributed by atoms with Gasteiger partial charge in [0.2, 0.25) is 0 Å². The number of aliphatic hydroxyl groups excluding tert-OH is 1. The molecule has 3 unspecified atom stereocenters. The van der Waals surface area contributed by atoms with Crippen LogP contribution < -0.4 is 0 Å². The predicted octanol–water partition coefficient (Wildman–Crippen LogP) is 2.60. The second-order valence-electron chi connectivity index (χ2n) is 4.64. The van der Waals surface area contributed by atoms with E-state index in [1.54, 1.807) is 0 Å².